The van der Waals surface area contributed by atoms with E-state index >= 15 is 0 Å². The van der Waals surface area contributed by atoms with Crippen molar-refractivity contribution >= 4 is 16.9 Å². The molecule has 0 atom stereocenters. The predicted molar refractivity (Wildman–Crippen MR) is 71.8 cm³/mol. The van der Waals surface area contributed by atoms with Gasteiger partial charge in [-0.2, -0.15) is 0 Å². The highest BCUT2D eigenvalue weighted by Crippen LogP contribution is 2.27. The van der Waals surface area contributed by atoms with Gasteiger partial charge in [-0.3, -0.25) is 4.79 Å². The van der Waals surface area contributed by atoms with Crippen LogP contribution in [0.3, 0.4) is 0 Å². The lowest BCUT2D eigenvalue weighted by atomic mass is 9.85. The molecular weight excluding hydrogens is 242 g/mol. The van der Waals surface area contributed by atoms with E-state index in [9.17, 15) is 9.90 Å². The normalized spacial score (nSPS) is 15.4. The Balaban J connectivity index is 1.83. The highest BCUT2D eigenvalue weighted by molar-refractivity contribution is 5.99. The van der Waals surface area contributed by atoms with Crippen LogP contribution in [-0.2, 0) is 6.61 Å². The van der Waals surface area contributed by atoms with Crippen LogP contribution >= 0.6 is 0 Å². The number of aliphatic hydroxyl groups excluding tert-OH is 1. The standard InChI is InChI=1S/C15H17NO3/c17-9-12-11-6-1-2-7-13(11)19-14(12)15(18)16-8-10-4-3-5-10/h1-2,6-7,10,17H,3-5,8-9H2,(H,16,18). The van der Waals surface area contributed by atoms with Crippen LogP contribution in [0.5, 0.6) is 0 Å². The summed E-state index contributed by atoms with van der Waals surface area (Å²) in [5.41, 5.74) is 1.21. The van der Waals surface area contributed by atoms with Crippen molar-refractivity contribution in [2.45, 2.75) is 25.9 Å². The molecule has 2 aromatic rings. The van der Waals surface area contributed by atoms with Gasteiger partial charge in [0, 0.05) is 17.5 Å². The molecule has 19 heavy (non-hydrogen) atoms. The van der Waals surface area contributed by atoms with Crippen LogP contribution in [0.1, 0.15) is 35.4 Å². The van der Waals surface area contributed by atoms with Gasteiger partial charge in [-0.15, -0.1) is 0 Å². The third-order valence-electron chi connectivity index (χ3n) is 3.84. The van der Waals surface area contributed by atoms with E-state index in [1.807, 2.05) is 18.2 Å². The monoisotopic (exact) mass is 259 g/mol. The molecule has 0 aliphatic heterocycles. The second-order valence-corrected chi connectivity index (χ2v) is 5.07. The molecule has 4 nitrogen and oxygen atoms in total. The topological polar surface area (TPSA) is 62.5 Å². The zero-order valence-corrected chi connectivity index (χ0v) is 10.7. The summed E-state index contributed by atoms with van der Waals surface area (Å²) in [5, 5.41) is 13.1. The first-order valence-corrected chi connectivity index (χ1v) is 6.69. The summed E-state index contributed by atoms with van der Waals surface area (Å²) in [6.45, 7) is 0.504. The fourth-order valence-corrected chi connectivity index (χ4v) is 2.45. The van der Waals surface area contributed by atoms with Crippen molar-refractivity contribution in [3.63, 3.8) is 0 Å². The van der Waals surface area contributed by atoms with Crippen molar-refractivity contribution < 1.29 is 14.3 Å². The SMILES string of the molecule is O=C(NCC1CCC1)c1oc2ccccc2c1CO. The molecule has 4 heteroatoms. The van der Waals surface area contributed by atoms with Gasteiger partial charge < -0.3 is 14.8 Å². The van der Waals surface area contributed by atoms with Gasteiger partial charge in [0.25, 0.3) is 5.91 Å². The fraction of sp³-hybridized carbons (Fsp3) is 0.400. The maximum Gasteiger partial charge on any atom is 0.287 e. The number of furan rings is 1. The van der Waals surface area contributed by atoms with Gasteiger partial charge in [0.1, 0.15) is 5.58 Å². The number of amides is 1. The Morgan fingerprint density at radius 3 is 2.84 bits per heavy atom. The molecule has 0 unspecified atom stereocenters. The average Bonchev–Trinajstić information content (AvgIpc) is 2.75. The minimum absolute atomic E-state index is 0.191. The highest BCUT2D eigenvalue weighted by Gasteiger charge is 2.22. The van der Waals surface area contributed by atoms with E-state index in [0.717, 1.165) is 5.39 Å². The van der Waals surface area contributed by atoms with Crippen molar-refractivity contribution in [2.75, 3.05) is 6.54 Å². The zero-order valence-electron chi connectivity index (χ0n) is 10.7. The predicted octanol–water partition coefficient (Wildman–Crippen LogP) is 2.46. The molecule has 1 heterocycles. The molecule has 2 N–H and O–H groups in total. The first-order valence-electron chi connectivity index (χ1n) is 6.69. The molecular formula is C15H17NO3. The van der Waals surface area contributed by atoms with Crippen molar-refractivity contribution in [2.24, 2.45) is 5.92 Å². The first-order chi connectivity index (χ1) is 9.29. The van der Waals surface area contributed by atoms with Gasteiger partial charge in [-0.05, 0) is 24.8 Å². The van der Waals surface area contributed by atoms with Gasteiger partial charge in [0.2, 0.25) is 0 Å². The van der Waals surface area contributed by atoms with E-state index in [0.29, 0.717) is 23.6 Å². The Hall–Kier alpha value is -1.81. The summed E-state index contributed by atoms with van der Waals surface area (Å²) in [6.07, 6.45) is 3.63. The summed E-state index contributed by atoms with van der Waals surface area (Å²) < 4.78 is 5.56. The zero-order chi connectivity index (χ0) is 13.2. The van der Waals surface area contributed by atoms with Crippen molar-refractivity contribution in [3.05, 3.63) is 35.6 Å². The molecule has 1 fully saturated rings. The molecule has 0 radical (unpaired) electrons. The number of carbonyl (C=O) groups excluding carboxylic acids is 1. The van der Waals surface area contributed by atoms with Crippen LogP contribution in [0.2, 0.25) is 0 Å². The van der Waals surface area contributed by atoms with Crippen LogP contribution in [0, 0.1) is 5.92 Å². The fourth-order valence-electron chi connectivity index (χ4n) is 2.45. The lowest BCUT2D eigenvalue weighted by Crippen LogP contribution is -2.32. The summed E-state index contributed by atoms with van der Waals surface area (Å²) in [4.78, 5) is 12.1. The van der Waals surface area contributed by atoms with Crippen molar-refractivity contribution in [1.29, 1.82) is 0 Å². The Labute approximate surface area is 111 Å². The Kier molecular flexibility index (Phi) is 3.25. The number of benzene rings is 1. The third-order valence-corrected chi connectivity index (χ3v) is 3.84. The summed E-state index contributed by atoms with van der Waals surface area (Å²) in [7, 11) is 0. The summed E-state index contributed by atoms with van der Waals surface area (Å²) >= 11 is 0. The molecule has 1 aromatic carbocycles. The molecule has 1 aromatic heterocycles. The van der Waals surface area contributed by atoms with E-state index < -0.39 is 0 Å². The summed E-state index contributed by atoms with van der Waals surface area (Å²) in [6, 6.07) is 7.38. The quantitative estimate of drug-likeness (QED) is 0.886. The number of rotatable bonds is 4. The van der Waals surface area contributed by atoms with E-state index in [1.54, 1.807) is 6.07 Å². The number of aliphatic hydroxyl groups is 1. The molecule has 0 saturated heterocycles. The smallest absolute Gasteiger partial charge is 0.287 e. The second kappa shape index (κ2) is 5.05. The Bertz CT molecular complexity index is 598. The molecule has 1 aliphatic rings. The number of fused-ring (bicyclic) bond motifs is 1. The van der Waals surface area contributed by atoms with Gasteiger partial charge in [-0.1, -0.05) is 24.6 Å². The maximum absolute atomic E-state index is 12.1. The van der Waals surface area contributed by atoms with Gasteiger partial charge in [0.05, 0.1) is 6.61 Å². The minimum atomic E-state index is -0.229. The van der Waals surface area contributed by atoms with Gasteiger partial charge >= 0.3 is 0 Å². The van der Waals surface area contributed by atoms with E-state index in [1.165, 1.54) is 19.3 Å². The molecule has 0 bridgehead atoms. The number of nitrogens with one attached hydrogen (secondary N) is 1. The molecule has 1 saturated carbocycles. The van der Waals surface area contributed by atoms with Crippen molar-refractivity contribution in [1.82, 2.24) is 5.32 Å². The number of carbonyl (C=O) groups is 1. The van der Waals surface area contributed by atoms with Crippen LogP contribution in [0.25, 0.3) is 11.0 Å². The van der Waals surface area contributed by atoms with E-state index in [2.05, 4.69) is 5.32 Å². The van der Waals surface area contributed by atoms with E-state index in [4.69, 9.17) is 4.42 Å². The first kappa shape index (κ1) is 12.2. The minimum Gasteiger partial charge on any atom is -0.451 e. The highest BCUT2D eigenvalue weighted by atomic mass is 16.3. The number of hydrogen-bond donors (Lipinski definition) is 2. The Morgan fingerprint density at radius 2 is 2.16 bits per heavy atom. The largest absolute Gasteiger partial charge is 0.451 e. The third kappa shape index (κ3) is 2.24. The van der Waals surface area contributed by atoms with Crippen molar-refractivity contribution in [3.8, 4) is 0 Å². The lowest BCUT2D eigenvalue weighted by molar-refractivity contribution is 0.0909. The number of para-hydroxylation sites is 1. The number of hydrogen-bond acceptors (Lipinski definition) is 3. The second-order valence-electron chi connectivity index (χ2n) is 5.07. The molecule has 100 valence electrons. The molecule has 0 spiro atoms. The lowest BCUT2D eigenvalue weighted by Gasteiger charge is -2.25. The average molecular weight is 259 g/mol. The van der Waals surface area contributed by atoms with Gasteiger partial charge in [0.15, 0.2) is 5.76 Å². The van der Waals surface area contributed by atoms with Crippen LogP contribution in [0.4, 0.5) is 0 Å². The van der Waals surface area contributed by atoms with Crippen LogP contribution < -0.4 is 5.32 Å². The van der Waals surface area contributed by atoms with Gasteiger partial charge in [-0.25, -0.2) is 0 Å². The summed E-state index contributed by atoms with van der Waals surface area (Å²) in [5.74, 6) is 0.612. The molecule has 1 aliphatic carbocycles. The van der Waals surface area contributed by atoms with Crippen LogP contribution in [-0.4, -0.2) is 17.6 Å². The molecule has 3 rings (SSSR count). The molecule has 1 amide bonds. The maximum atomic E-state index is 12.1. The van der Waals surface area contributed by atoms with E-state index in [-0.39, 0.29) is 18.3 Å². The van der Waals surface area contributed by atoms with Crippen LogP contribution in [0.15, 0.2) is 28.7 Å². The Morgan fingerprint density at radius 1 is 1.37 bits per heavy atom.